The molecule has 2 fully saturated rings. The average molecular weight is 224 g/mol. The van der Waals surface area contributed by atoms with Gasteiger partial charge in [0.25, 0.3) is 0 Å². The van der Waals surface area contributed by atoms with Gasteiger partial charge in [-0.25, -0.2) is 0 Å². The van der Waals surface area contributed by atoms with Crippen molar-refractivity contribution >= 4 is 0 Å². The Hall–Kier alpha value is -0.0800. The Balaban J connectivity index is 1.78. The molecular weight excluding hydrogens is 196 g/mol. The van der Waals surface area contributed by atoms with Crippen LogP contribution in [0.3, 0.4) is 0 Å². The molecule has 2 saturated heterocycles. The number of nitrogens with zero attached hydrogens (tertiary/aromatic N) is 1. The molecule has 0 aromatic heterocycles. The standard InChI is InChI=1S/C14H28N2/c1-4-5-11(2)10-16(3)14-8-12-6-7-13(9-14)15-12/h11-15H,4-10H2,1-3H3. The first kappa shape index (κ1) is 12.4. The van der Waals surface area contributed by atoms with E-state index in [2.05, 4.69) is 31.1 Å². The van der Waals surface area contributed by atoms with E-state index in [1.54, 1.807) is 0 Å². The largest absolute Gasteiger partial charge is 0.311 e. The molecule has 0 radical (unpaired) electrons. The van der Waals surface area contributed by atoms with E-state index in [1.807, 2.05) is 0 Å². The van der Waals surface area contributed by atoms with E-state index in [9.17, 15) is 0 Å². The van der Waals surface area contributed by atoms with Crippen LogP contribution in [-0.2, 0) is 0 Å². The highest BCUT2D eigenvalue weighted by molar-refractivity contribution is 4.95. The number of piperidine rings is 1. The number of fused-ring (bicyclic) bond motifs is 2. The van der Waals surface area contributed by atoms with Gasteiger partial charge in [-0.2, -0.15) is 0 Å². The number of nitrogens with one attached hydrogen (secondary N) is 1. The van der Waals surface area contributed by atoms with Crippen LogP contribution in [0.1, 0.15) is 52.4 Å². The Labute approximate surface area is 101 Å². The van der Waals surface area contributed by atoms with Crippen LogP contribution < -0.4 is 5.32 Å². The molecule has 94 valence electrons. The molecule has 3 unspecified atom stereocenters. The molecule has 0 spiro atoms. The Morgan fingerprint density at radius 3 is 2.44 bits per heavy atom. The summed E-state index contributed by atoms with van der Waals surface area (Å²) in [6, 6.07) is 2.50. The molecule has 2 rings (SSSR count). The fourth-order valence-corrected chi connectivity index (χ4v) is 3.61. The number of hydrogen-bond donors (Lipinski definition) is 1. The van der Waals surface area contributed by atoms with Crippen molar-refractivity contribution in [3.63, 3.8) is 0 Å². The Bertz CT molecular complexity index is 205. The van der Waals surface area contributed by atoms with Crippen molar-refractivity contribution in [3.8, 4) is 0 Å². The average Bonchev–Trinajstić information content (AvgIpc) is 2.58. The maximum Gasteiger partial charge on any atom is 0.0122 e. The molecule has 1 N–H and O–H groups in total. The zero-order valence-electron chi connectivity index (χ0n) is 11.2. The monoisotopic (exact) mass is 224 g/mol. The Kier molecular flexibility index (Phi) is 4.26. The second-order valence-corrected chi connectivity index (χ2v) is 6.10. The van der Waals surface area contributed by atoms with Crippen molar-refractivity contribution in [3.05, 3.63) is 0 Å². The quantitative estimate of drug-likeness (QED) is 0.772. The van der Waals surface area contributed by atoms with Gasteiger partial charge in [0.2, 0.25) is 0 Å². The third-order valence-electron chi connectivity index (χ3n) is 4.45. The molecule has 3 atom stereocenters. The maximum absolute atomic E-state index is 3.73. The zero-order valence-corrected chi connectivity index (χ0v) is 11.2. The maximum atomic E-state index is 3.73. The van der Waals surface area contributed by atoms with Crippen LogP contribution in [0.2, 0.25) is 0 Å². The summed E-state index contributed by atoms with van der Waals surface area (Å²) in [5.41, 5.74) is 0. The summed E-state index contributed by atoms with van der Waals surface area (Å²) >= 11 is 0. The summed E-state index contributed by atoms with van der Waals surface area (Å²) in [6.45, 7) is 5.98. The second-order valence-electron chi connectivity index (χ2n) is 6.10. The summed E-state index contributed by atoms with van der Waals surface area (Å²) < 4.78 is 0. The van der Waals surface area contributed by atoms with Gasteiger partial charge in [0.05, 0.1) is 0 Å². The summed E-state index contributed by atoms with van der Waals surface area (Å²) in [4.78, 5) is 2.63. The minimum Gasteiger partial charge on any atom is -0.311 e. The molecule has 0 aliphatic carbocycles. The lowest BCUT2D eigenvalue weighted by molar-refractivity contribution is 0.152. The van der Waals surface area contributed by atoms with Gasteiger partial charge >= 0.3 is 0 Å². The van der Waals surface area contributed by atoms with Crippen LogP contribution in [0, 0.1) is 5.92 Å². The van der Waals surface area contributed by atoms with E-state index in [0.29, 0.717) is 0 Å². The predicted molar refractivity (Wildman–Crippen MR) is 69.7 cm³/mol. The van der Waals surface area contributed by atoms with Crippen LogP contribution >= 0.6 is 0 Å². The lowest BCUT2D eigenvalue weighted by atomic mass is 9.97. The first-order chi connectivity index (χ1) is 7.69. The summed E-state index contributed by atoms with van der Waals surface area (Å²) in [5.74, 6) is 0.863. The SMILES string of the molecule is CCCC(C)CN(C)C1CC2CCC(C1)N2. The molecule has 2 aliphatic rings. The predicted octanol–water partition coefficient (Wildman–Crippen LogP) is 2.64. The molecular formula is C14H28N2. The molecule has 2 aliphatic heterocycles. The van der Waals surface area contributed by atoms with Gasteiger partial charge in [0, 0.05) is 24.7 Å². The van der Waals surface area contributed by atoms with Crippen LogP contribution in [0.4, 0.5) is 0 Å². The molecule has 0 aromatic rings. The first-order valence-electron chi connectivity index (χ1n) is 7.15. The second kappa shape index (κ2) is 5.50. The van der Waals surface area contributed by atoms with Crippen molar-refractivity contribution < 1.29 is 0 Å². The Morgan fingerprint density at radius 1 is 1.25 bits per heavy atom. The highest BCUT2D eigenvalue weighted by Crippen LogP contribution is 2.29. The van der Waals surface area contributed by atoms with E-state index in [0.717, 1.165) is 24.0 Å². The van der Waals surface area contributed by atoms with Gasteiger partial charge in [0.15, 0.2) is 0 Å². The van der Waals surface area contributed by atoms with Crippen LogP contribution in [0.25, 0.3) is 0 Å². The van der Waals surface area contributed by atoms with Gasteiger partial charge in [0.1, 0.15) is 0 Å². The van der Waals surface area contributed by atoms with Crippen molar-refractivity contribution in [1.82, 2.24) is 10.2 Å². The lowest BCUT2D eigenvalue weighted by Gasteiger charge is -2.36. The molecule has 2 nitrogen and oxygen atoms in total. The topological polar surface area (TPSA) is 15.3 Å². The molecule has 0 saturated carbocycles. The van der Waals surface area contributed by atoms with E-state index >= 15 is 0 Å². The lowest BCUT2D eigenvalue weighted by Crippen LogP contribution is -2.47. The minimum atomic E-state index is 0.827. The van der Waals surface area contributed by atoms with Crippen molar-refractivity contribution in [1.29, 1.82) is 0 Å². The highest BCUT2D eigenvalue weighted by atomic mass is 15.2. The van der Waals surface area contributed by atoms with Crippen molar-refractivity contribution in [2.75, 3.05) is 13.6 Å². The fraction of sp³-hybridized carbons (Fsp3) is 1.00. The van der Waals surface area contributed by atoms with Gasteiger partial charge in [-0.3, -0.25) is 0 Å². The van der Waals surface area contributed by atoms with Gasteiger partial charge < -0.3 is 10.2 Å². The molecule has 2 heteroatoms. The highest BCUT2D eigenvalue weighted by Gasteiger charge is 2.35. The number of rotatable bonds is 5. The van der Waals surface area contributed by atoms with E-state index in [1.165, 1.54) is 45.1 Å². The van der Waals surface area contributed by atoms with Crippen LogP contribution in [0.15, 0.2) is 0 Å². The minimum absolute atomic E-state index is 0.827. The smallest absolute Gasteiger partial charge is 0.0122 e. The first-order valence-corrected chi connectivity index (χ1v) is 7.15. The van der Waals surface area contributed by atoms with E-state index in [4.69, 9.17) is 0 Å². The van der Waals surface area contributed by atoms with Gasteiger partial charge in [-0.15, -0.1) is 0 Å². The van der Waals surface area contributed by atoms with Gasteiger partial charge in [-0.1, -0.05) is 20.3 Å². The Morgan fingerprint density at radius 2 is 1.88 bits per heavy atom. The molecule has 16 heavy (non-hydrogen) atoms. The van der Waals surface area contributed by atoms with E-state index in [-0.39, 0.29) is 0 Å². The molecule has 0 aromatic carbocycles. The normalized spacial score (nSPS) is 35.6. The molecule has 2 bridgehead atoms. The van der Waals surface area contributed by atoms with Crippen LogP contribution in [-0.4, -0.2) is 36.6 Å². The fourth-order valence-electron chi connectivity index (χ4n) is 3.61. The molecule has 0 amide bonds. The summed E-state index contributed by atoms with van der Waals surface area (Å²) in [6.07, 6.45) is 8.30. The third kappa shape index (κ3) is 2.98. The van der Waals surface area contributed by atoms with Crippen molar-refractivity contribution in [2.45, 2.75) is 70.5 Å². The number of hydrogen-bond acceptors (Lipinski definition) is 2. The summed E-state index contributed by atoms with van der Waals surface area (Å²) in [7, 11) is 2.33. The zero-order chi connectivity index (χ0) is 11.5. The van der Waals surface area contributed by atoms with E-state index < -0.39 is 0 Å². The third-order valence-corrected chi connectivity index (χ3v) is 4.45. The van der Waals surface area contributed by atoms with Crippen molar-refractivity contribution in [2.24, 2.45) is 5.92 Å². The summed E-state index contributed by atoms with van der Waals surface area (Å²) in [5, 5.41) is 3.73. The van der Waals surface area contributed by atoms with Crippen LogP contribution in [0.5, 0.6) is 0 Å². The molecule has 2 heterocycles. The van der Waals surface area contributed by atoms with Gasteiger partial charge in [-0.05, 0) is 45.1 Å².